The maximum atomic E-state index is 12.6. The topological polar surface area (TPSA) is 67.9 Å². The summed E-state index contributed by atoms with van der Waals surface area (Å²) in [7, 11) is -1.80. The summed E-state index contributed by atoms with van der Waals surface area (Å²) in [5.74, 6) is 0.330. The van der Waals surface area contributed by atoms with E-state index in [1.165, 1.54) is 0 Å². The second kappa shape index (κ2) is 10.4. The van der Waals surface area contributed by atoms with Crippen LogP contribution in [-0.2, 0) is 4.43 Å². The van der Waals surface area contributed by atoms with Crippen molar-refractivity contribution in [1.29, 1.82) is 0 Å². The van der Waals surface area contributed by atoms with E-state index in [9.17, 15) is 9.59 Å². The van der Waals surface area contributed by atoms with Crippen molar-refractivity contribution in [2.75, 3.05) is 19.6 Å². The average molecular weight is 463 g/mol. The molecule has 1 aromatic rings. The number of carbonyl (C=O) groups excluding carboxylic acids is 2. The van der Waals surface area contributed by atoms with E-state index in [2.05, 4.69) is 60.0 Å². The van der Waals surface area contributed by atoms with Crippen molar-refractivity contribution < 1.29 is 18.8 Å². The Balaban J connectivity index is 1.81. The van der Waals surface area contributed by atoms with Gasteiger partial charge in [0.25, 0.3) is 5.91 Å². The maximum Gasteiger partial charge on any atom is 0.415 e. The van der Waals surface area contributed by atoms with Crippen LogP contribution < -0.4 is 10.1 Å². The molecule has 0 spiro atoms. The van der Waals surface area contributed by atoms with Gasteiger partial charge in [0.1, 0.15) is 5.75 Å². The zero-order chi connectivity index (χ0) is 24.2. The van der Waals surface area contributed by atoms with Gasteiger partial charge in [0, 0.05) is 31.3 Å². The maximum absolute atomic E-state index is 12.6. The van der Waals surface area contributed by atoms with E-state index in [0.717, 1.165) is 19.3 Å². The first-order valence-electron chi connectivity index (χ1n) is 11.7. The van der Waals surface area contributed by atoms with Crippen molar-refractivity contribution in [2.24, 2.45) is 5.41 Å². The molecule has 1 aliphatic rings. The van der Waals surface area contributed by atoms with Gasteiger partial charge in [0.15, 0.2) is 8.32 Å². The molecule has 0 radical (unpaired) electrons. The molecule has 1 heterocycles. The fourth-order valence-corrected chi connectivity index (χ4v) is 4.67. The quantitative estimate of drug-likeness (QED) is 0.540. The van der Waals surface area contributed by atoms with Crippen LogP contribution in [0.1, 0.15) is 71.2 Å². The number of piperidine rings is 1. The highest BCUT2D eigenvalue weighted by Gasteiger charge is 2.40. The van der Waals surface area contributed by atoms with E-state index in [0.29, 0.717) is 30.9 Å². The fourth-order valence-electron chi connectivity index (χ4n) is 3.24. The Bertz CT molecular complexity index is 771. The molecule has 2 rings (SSSR count). The van der Waals surface area contributed by atoms with Gasteiger partial charge in [-0.1, -0.05) is 41.5 Å². The molecule has 1 aromatic carbocycles. The van der Waals surface area contributed by atoms with E-state index in [-0.39, 0.29) is 28.6 Å². The Morgan fingerprint density at radius 3 is 2.09 bits per heavy atom. The van der Waals surface area contributed by atoms with Crippen LogP contribution in [0.4, 0.5) is 4.79 Å². The second-order valence-electron chi connectivity index (χ2n) is 11.5. The number of amides is 2. The van der Waals surface area contributed by atoms with Gasteiger partial charge in [-0.25, -0.2) is 4.79 Å². The summed E-state index contributed by atoms with van der Waals surface area (Å²) < 4.78 is 12.0. The number of ether oxygens (including phenoxy) is 1. The predicted molar refractivity (Wildman–Crippen MR) is 132 cm³/mol. The van der Waals surface area contributed by atoms with Crippen molar-refractivity contribution in [3.05, 3.63) is 29.8 Å². The molecule has 1 N–H and O–H groups in total. The van der Waals surface area contributed by atoms with Gasteiger partial charge in [0.2, 0.25) is 0 Å². The molecular formula is C25H42N2O4Si. The molecule has 180 valence electrons. The van der Waals surface area contributed by atoms with Crippen molar-refractivity contribution in [3.8, 4) is 5.75 Å². The zero-order valence-corrected chi connectivity index (χ0v) is 22.2. The number of hydrogen-bond donors (Lipinski definition) is 1. The standard InChI is InChI=1S/C25H42N2O4Si/c1-24(2,3)15-16-26-22(28)19-9-11-20(12-10-19)30-23(29)27-17-13-21(14-18-27)31-32(7,8)25(4,5)6/h9-12,21H,13-18H2,1-8H3,(H,26,28). The van der Waals surface area contributed by atoms with Gasteiger partial charge >= 0.3 is 6.09 Å². The summed E-state index contributed by atoms with van der Waals surface area (Å²) in [6.45, 7) is 19.6. The van der Waals surface area contributed by atoms with Crippen LogP contribution in [-0.4, -0.2) is 51.0 Å². The average Bonchev–Trinajstić information content (AvgIpc) is 2.67. The van der Waals surface area contributed by atoms with Crippen molar-refractivity contribution in [1.82, 2.24) is 10.2 Å². The smallest absolute Gasteiger partial charge is 0.414 e. The molecule has 1 aliphatic heterocycles. The molecule has 0 atom stereocenters. The van der Waals surface area contributed by atoms with Crippen molar-refractivity contribution >= 4 is 20.3 Å². The Morgan fingerprint density at radius 1 is 1.03 bits per heavy atom. The third-order valence-corrected chi connectivity index (χ3v) is 11.0. The highest BCUT2D eigenvalue weighted by molar-refractivity contribution is 6.74. The number of likely N-dealkylation sites (tertiary alicyclic amines) is 1. The number of rotatable bonds is 6. The molecule has 2 amide bonds. The molecule has 0 aliphatic carbocycles. The lowest BCUT2D eigenvalue weighted by Crippen LogP contribution is -2.48. The summed E-state index contributed by atoms with van der Waals surface area (Å²) in [6, 6.07) is 6.72. The van der Waals surface area contributed by atoms with Gasteiger partial charge in [-0.3, -0.25) is 4.79 Å². The van der Waals surface area contributed by atoms with E-state index in [1.54, 1.807) is 29.2 Å². The summed E-state index contributed by atoms with van der Waals surface area (Å²) >= 11 is 0. The third-order valence-electron chi connectivity index (χ3n) is 6.45. The molecule has 1 saturated heterocycles. The molecule has 1 fully saturated rings. The summed E-state index contributed by atoms with van der Waals surface area (Å²) in [6.07, 6.45) is 2.42. The van der Waals surface area contributed by atoms with Crippen LogP contribution in [0.15, 0.2) is 24.3 Å². The van der Waals surface area contributed by atoms with Crippen molar-refractivity contribution in [2.45, 2.75) is 85.0 Å². The number of carbonyl (C=O) groups is 2. The Morgan fingerprint density at radius 2 is 1.59 bits per heavy atom. The Labute approximate surface area is 195 Å². The molecule has 6 nitrogen and oxygen atoms in total. The minimum Gasteiger partial charge on any atom is -0.414 e. The minimum absolute atomic E-state index is 0.115. The molecule has 0 unspecified atom stereocenters. The Hall–Kier alpha value is -1.86. The molecule has 32 heavy (non-hydrogen) atoms. The van der Waals surface area contributed by atoms with Crippen LogP contribution in [0.25, 0.3) is 0 Å². The third kappa shape index (κ3) is 7.92. The Kier molecular flexibility index (Phi) is 8.56. The van der Waals surface area contributed by atoms with E-state index in [1.807, 2.05) is 0 Å². The van der Waals surface area contributed by atoms with Gasteiger partial charge < -0.3 is 19.4 Å². The lowest BCUT2D eigenvalue weighted by molar-refractivity contribution is 0.0852. The van der Waals surface area contributed by atoms with Crippen LogP contribution in [0.3, 0.4) is 0 Å². The van der Waals surface area contributed by atoms with E-state index >= 15 is 0 Å². The minimum atomic E-state index is -1.80. The van der Waals surface area contributed by atoms with Crippen LogP contribution in [0.2, 0.25) is 18.1 Å². The van der Waals surface area contributed by atoms with E-state index in [4.69, 9.17) is 9.16 Å². The van der Waals surface area contributed by atoms with Gasteiger partial charge in [-0.15, -0.1) is 0 Å². The zero-order valence-electron chi connectivity index (χ0n) is 21.2. The molecular weight excluding hydrogens is 420 g/mol. The SMILES string of the molecule is CC(C)(C)CCNC(=O)c1ccc(OC(=O)N2CCC(O[Si](C)(C)C(C)(C)C)CC2)cc1. The number of hydrogen-bond acceptors (Lipinski definition) is 4. The first kappa shape index (κ1) is 26.4. The summed E-state index contributed by atoms with van der Waals surface area (Å²) in [5.41, 5.74) is 0.735. The largest absolute Gasteiger partial charge is 0.415 e. The first-order chi connectivity index (χ1) is 14.7. The highest BCUT2D eigenvalue weighted by atomic mass is 28.4. The first-order valence-corrected chi connectivity index (χ1v) is 14.6. The lowest BCUT2D eigenvalue weighted by Gasteiger charge is -2.41. The lowest BCUT2D eigenvalue weighted by atomic mass is 9.92. The molecule has 0 saturated carbocycles. The molecule has 0 aromatic heterocycles. The van der Waals surface area contributed by atoms with Crippen LogP contribution in [0.5, 0.6) is 5.75 Å². The summed E-state index contributed by atoms with van der Waals surface area (Å²) in [5, 5.41) is 3.11. The van der Waals surface area contributed by atoms with Gasteiger partial charge in [-0.2, -0.15) is 0 Å². The van der Waals surface area contributed by atoms with Gasteiger partial charge in [-0.05, 0) is 67.1 Å². The highest BCUT2D eigenvalue weighted by Crippen LogP contribution is 2.38. The van der Waals surface area contributed by atoms with Crippen LogP contribution >= 0.6 is 0 Å². The van der Waals surface area contributed by atoms with E-state index < -0.39 is 8.32 Å². The number of benzene rings is 1. The number of nitrogens with zero attached hydrogens (tertiary/aromatic N) is 1. The second-order valence-corrected chi connectivity index (χ2v) is 16.3. The van der Waals surface area contributed by atoms with Gasteiger partial charge in [0.05, 0.1) is 0 Å². The normalized spacial score (nSPS) is 16.1. The molecule has 0 bridgehead atoms. The predicted octanol–water partition coefficient (Wildman–Crippen LogP) is 5.84. The summed E-state index contributed by atoms with van der Waals surface area (Å²) in [4.78, 5) is 26.6. The van der Waals surface area contributed by atoms with Crippen LogP contribution in [0, 0.1) is 5.41 Å². The van der Waals surface area contributed by atoms with Crippen molar-refractivity contribution in [3.63, 3.8) is 0 Å². The fraction of sp³-hybridized carbons (Fsp3) is 0.680. The molecule has 7 heteroatoms. The number of nitrogens with one attached hydrogen (secondary N) is 1. The monoisotopic (exact) mass is 462 g/mol.